The number of primary sulfonamides is 1. The lowest BCUT2D eigenvalue weighted by atomic mass is 10.3. The van der Waals surface area contributed by atoms with E-state index in [0.717, 1.165) is 0 Å². The maximum atomic E-state index is 11.3. The van der Waals surface area contributed by atoms with Crippen LogP contribution < -0.4 is 16.2 Å². The van der Waals surface area contributed by atoms with Gasteiger partial charge in [0.25, 0.3) is 0 Å². The molecule has 0 saturated heterocycles. The van der Waals surface area contributed by atoms with Crippen molar-refractivity contribution in [1.29, 1.82) is 0 Å². The molecule has 2 aromatic rings. The van der Waals surface area contributed by atoms with E-state index in [4.69, 9.17) is 23.1 Å². The van der Waals surface area contributed by atoms with E-state index in [1.807, 2.05) is 0 Å². The zero-order valence-corrected chi connectivity index (χ0v) is 11.9. The third-order valence-corrected chi connectivity index (χ3v) is 3.56. The van der Waals surface area contributed by atoms with Gasteiger partial charge in [0.2, 0.25) is 10.0 Å². The highest BCUT2D eigenvalue weighted by atomic mass is 32.2. The molecule has 0 unspecified atom stereocenters. The van der Waals surface area contributed by atoms with Crippen LogP contribution in [-0.2, 0) is 10.0 Å². The Hall–Kier alpha value is -2.03. The number of aromatic nitrogens is 1. The molecule has 0 amide bonds. The molecule has 0 aliphatic rings. The molecular weight excluding hydrogens is 296 g/mol. The predicted octanol–water partition coefficient (Wildman–Crippen LogP) is 1.11. The van der Waals surface area contributed by atoms with E-state index in [-0.39, 0.29) is 9.88 Å². The van der Waals surface area contributed by atoms with Crippen molar-refractivity contribution in [3.05, 3.63) is 48.2 Å². The number of nitrogens with two attached hydrogens (primary N) is 2. The monoisotopic (exact) mass is 308 g/mol. The first-order valence-corrected chi connectivity index (χ1v) is 7.48. The summed E-state index contributed by atoms with van der Waals surface area (Å²) in [5.41, 5.74) is 6.53. The second-order valence-electron chi connectivity index (χ2n) is 3.97. The SMILES string of the molecule is NC(=S)c1cccc(Nc2cccc(S(N)(=O)=O)c2)n1. The Kier molecular flexibility index (Phi) is 3.98. The van der Waals surface area contributed by atoms with E-state index in [1.165, 1.54) is 12.1 Å². The van der Waals surface area contributed by atoms with Gasteiger partial charge in [0, 0.05) is 5.69 Å². The molecule has 6 nitrogen and oxygen atoms in total. The number of hydrogen-bond donors (Lipinski definition) is 3. The standard InChI is InChI=1S/C12H12N4O2S2/c13-12(19)10-5-2-6-11(16-10)15-8-3-1-4-9(7-8)20(14,17)18/h1-7H,(H2,13,19)(H,15,16)(H2,14,17,18). The lowest BCUT2D eigenvalue weighted by Crippen LogP contribution is -2.13. The first-order chi connectivity index (χ1) is 9.36. The van der Waals surface area contributed by atoms with Crippen LogP contribution in [0.15, 0.2) is 47.4 Å². The summed E-state index contributed by atoms with van der Waals surface area (Å²) in [6.45, 7) is 0. The Labute approximate surface area is 121 Å². The van der Waals surface area contributed by atoms with Gasteiger partial charge in [0.05, 0.1) is 10.6 Å². The van der Waals surface area contributed by atoms with Crippen LogP contribution in [0.2, 0.25) is 0 Å². The molecule has 0 bridgehead atoms. The van der Waals surface area contributed by atoms with Gasteiger partial charge in [0.1, 0.15) is 10.8 Å². The summed E-state index contributed by atoms with van der Waals surface area (Å²) in [6.07, 6.45) is 0. The van der Waals surface area contributed by atoms with E-state index < -0.39 is 10.0 Å². The molecule has 0 spiro atoms. The van der Waals surface area contributed by atoms with E-state index in [0.29, 0.717) is 17.2 Å². The number of nitrogens with one attached hydrogen (secondary N) is 1. The fraction of sp³-hybridized carbons (Fsp3) is 0. The highest BCUT2D eigenvalue weighted by Crippen LogP contribution is 2.18. The molecular formula is C12H12N4O2S2. The minimum atomic E-state index is -3.74. The van der Waals surface area contributed by atoms with Gasteiger partial charge in [-0.1, -0.05) is 24.4 Å². The molecule has 0 aliphatic heterocycles. The molecule has 1 heterocycles. The fourth-order valence-corrected chi connectivity index (χ4v) is 2.21. The smallest absolute Gasteiger partial charge is 0.238 e. The number of pyridine rings is 1. The van der Waals surface area contributed by atoms with Gasteiger partial charge < -0.3 is 11.1 Å². The van der Waals surface area contributed by atoms with Crippen molar-refractivity contribution in [2.24, 2.45) is 10.9 Å². The second-order valence-corrected chi connectivity index (χ2v) is 5.97. The number of sulfonamides is 1. The number of benzene rings is 1. The van der Waals surface area contributed by atoms with Gasteiger partial charge in [-0.05, 0) is 30.3 Å². The van der Waals surface area contributed by atoms with Crippen LogP contribution in [0.4, 0.5) is 11.5 Å². The van der Waals surface area contributed by atoms with Crippen LogP contribution >= 0.6 is 12.2 Å². The Morgan fingerprint density at radius 1 is 1.20 bits per heavy atom. The Balaban J connectivity index is 2.31. The topological polar surface area (TPSA) is 111 Å². The van der Waals surface area contributed by atoms with Crippen LogP contribution in [-0.4, -0.2) is 18.4 Å². The number of nitrogens with zero attached hydrogens (tertiary/aromatic N) is 1. The lowest BCUT2D eigenvalue weighted by Gasteiger charge is -2.08. The van der Waals surface area contributed by atoms with Crippen LogP contribution in [0.1, 0.15) is 5.69 Å². The largest absolute Gasteiger partial charge is 0.388 e. The van der Waals surface area contributed by atoms with Gasteiger partial charge in [-0.2, -0.15) is 0 Å². The Bertz CT molecular complexity index is 760. The van der Waals surface area contributed by atoms with E-state index in [9.17, 15) is 8.42 Å². The number of anilines is 2. The summed E-state index contributed by atoms with van der Waals surface area (Å²) >= 11 is 4.85. The summed E-state index contributed by atoms with van der Waals surface area (Å²) in [6, 6.07) is 11.3. The van der Waals surface area contributed by atoms with Crippen molar-refractivity contribution in [2.45, 2.75) is 4.90 Å². The summed E-state index contributed by atoms with van der Waals surface area (Å²) in [4.78, 5) is 4.41. The van der Waals surface area contributed by atoms with Gasteiger partial charge >= 0.3 is 0 Å². The van der Waals surface area contributed by atoms with Gasteiger partial charge in [-0.3, -0.25) is 0 Å². The summed E-state index contributed by atoms with van der Waals surface area (Å²) < 4.78 is 22.6. The molecule has 2 rings (SSSR count). The molecule has 0 fully saturated rings. The van der Waals surface area contributed by atoms with Crippen LogP contribution in [0.3, 0.4) is 0 Å². The maximum Gasteiger partial charge on any atom is 0.238 e. The lowest BCUT2D eigenvalue weighted by molar-refractivity contribution is 0.598. The minimum absolute atomic E-state index is 0.0213. The minimum Gasteiger partial charge on any atom is -0.388 e. The molecule has 0 radical (unpaired) electrons. The van der Waals surface area contributed by atoms with Crippen LogP contribution in [0, 0.1) is 0 Å². The molecule has 104 valence electrons. The van der Waals surface area contributed by atoms with Gasteiger partial charge in [0.15, 0.2) is 0 Å². The highest BCUT2D eigenvalue weighted by molar-refractivity contribution is 7.89. The maximum absolute atomic E-state index is 11.3. The van der Waals surface area contributed by atoms with Crippen molar-refractivity contribution in [2.75, 3.05) is 5.32 Å². The van der Waals surface area contributed by atoms with Crippen LogP contribution in [0.25, 0.3) is 0 Å². The quantitative estimate of drug-likeness (QED) is 0.730. The second kappa shape index (κ2) is 5.53. The first-order valence-electron chi connectivity index (χ1n) is 5.53. The third-order valence-electron chi connectivity index (χ3n) is 2.44. The summed E-state index contributed by atoms with van der Waals surface area (Å²) in [5, 5.41) is 8.04. The third kappa shape index (κ3) is 3.50. The number of rotatable bonds is 4. The predicted molar refractivity (Wildman–Crippen MR) is 81.2 cm³/mol. The van der Waals surface area contributed by atoms with E-state index >= 15 is 0 Å². The molecule has 1 aromatic heterocycles. The van der Waals surface area contributed by atoms with Crippen molar-refractivity contribution >= 4 is 38.7 Å². The average Bonchev–Trinajstić information content (AvgIpc) is 2.38. The molecule has 8 heteroatoms. The first kappa shape index (κ1) is 14.4. The molecule has 0 atom stereocenters. The zero-order valence-electron chi connectivity index (χ0n) is 10.3. The van der Waals surface area contributed by atoms with Crippen molar-refractivity contribution in [1.82, 2.24) is 4.98 Å². The van der Waals surface area contributed by atoms with Gasteiger partial charge in [-0.15, -0.1) is 0 Å². The number of hydrogen-bond acceptors (Lipinski definition) is 5. The van der Waals surface area contributed by atoms with Gasteiger partial charge in [-0.25, -0.2) is 18.5 Å². The molecule has 5 N–H and O–H groups in total. The average molecular weight is 308 g/mol. The summed E-state index contributed by atoms with van der Waals surface area (Å²) in [7, 11) is -3.74. The summed E-state index contributed by atoms with van der Waals surface area (Å²) in [5.74, 6) is 0.502. The molecule has 0 aliphatic carbocycles. The molecule has 0 saturated carbocycles. The normalized spacial score (nSPS) is 11.1. The van der Waals surface area contributed by atoms with E-state index in [2.05, 4.69) is 10.3 Å². The molecule has 1 aromatic carbocycles. The Morgan fingerprint density at radius 3 is 2.55 bits per heavy atom. The molecule has 20 heavy (non-hydrogen) atoms. The fourth-order valence-electron chi connectivity index (χ4n) is 1.54. The van der Waals surface area contributed by atoms with Crippen molar-refractivity contribution in [3.63, 3.8) is 0 Å². The van der Waals surface area contributed by atoms with E-state index in [1.54, 1.807) is 30.3 Å². The van der Waals surface area contributed by atoms with Crippen LogP contribution in [0.5, 0.6) is 0 Å². The number of thiocarbonyl (C=S) groups is 1. The zero-order chi connectivity index (χ0) is 14.8. The van der Waals surface area contributed by atoms with Crippen molar-refractivity contribution < 1.29 is 8.42 Å². The highest BCUT2D eigenvalue weighted by Gasteiger charge is 2.08. The Morgan fingerprint density at radius 2 is 1.90 bits per heavy atom. The van der Waals surface area contributed by atoms with Crippen molar-refractivity contribution in [3.8, 4) is 0 Å².